The van der Waals surface area contributed by atoms with Gasteiger partial charge in [-0.2, -0.15) is 0 Å². The van der Waals surface area contributed by atoms with Crippen LogP contribution in [0.25, 0.3) is 0 Å². The number of hydrogen-bond acceptors (Lipinski definition) is 4. The van der Waals surface area contributed by atoms with Crippen LogP contribution in [0.3, 0.4) is 0 Å². The van der Waals surface area contributed by atoms with E-state index in [1.165, 1.54) is 6.20 Å². The average molecular weight is 225 g/mol. The monoisotopic (exact) mass is 225 g/mol. The first kappa shape index (κ1) is 10.9. The molecule has 16 heavy (non-hydrogen) atoms. The summed E-state index contributed by atoms with van der Waals surface area (Å²) in [6.45, 7) is 5.01. The van der Waals surface area contributed by atoms with E-state index in [2.05, 4.69) is 18.8 Å². The maximum Gasteiger partial charge on any atom is 0.414 e. The van der Waals surface area contributed by atoms with Crippen molar-refractivity contribution in [1.29, 1.82) is 0 Å². The van der Waals surface area contributed by atoms with Gasteiger partial charge in [-0.25, -0.2) is 0 Å². The Balaban J connectivity index is 2.11. The van der Waals surface area contributed by atoms with Gasteiger partial charge in [0.15, 0.2) is 0 Å². The van der Waals surface area contributed by atoms with Gasteiger partial charge in [0.2, 0.25) is 0 Å². The average Bonchev–Trinajstić information content (AvgIpc) is 2.59. The molecule has 0 radical (unpaired) electrons. The number of aromatic nitrogens is 2. The lowest BCUT2D eigenvalue weighted by molar-refractivity contribution is -0.389. The van der Waals surface area contributed by atoms with Crippen molar-refractivity contribution in [2.45, 2.75) is 39.3 Å². The molecule has 0 saturated carbocycles. The summed E-state index contributed by atoms with van der Waals surface area (Å²) in [4.78, 5) is 13.9. The molecule has 6 heteroatoms. The van der Waals surface area contributed by atoms with Gasteiger partial charge in [0, 0.05) is 17.9 Å². The van der Waals surface area contributed by atoms with E-state index in [0.29, 0.717) is 11.9 Å². The zero-order valence-corrected chi connectivity index (χ0v) is 9.42. The van der Waals surface area contributed by atoms with E-state index in [9.17, 15) is 10.1 Å². The maximum absolute atomic E-state index is 10.6. The zero-order chi connectivity index (χ0) is 11.7. The molecule has 1 aliphatic heterocycles. The molecule has 2 rings (SSSR count). The molecule has 0 spiro atoms. The zero-order valence-electron chi connectivity index (χ0n) is 9.42. The minimum absolute atomic E-state index is 0.134. The van der Waals surface area contributed by atoms with Crippen molar-refractivity contribution in [3.63, 3.8) is 0 Å². The smallest absolute Gasteiger partial charge is 0.414 e. The van der Waals surface area contributed by atoms with Gasteiger partial charge in [-0.3, -0.25) is 4.57 Å². The predicted molar refractivity (Wildman–Crippen MR) is 57.4 cm³/mol. The molecule has 0 bridgehead atoms. The first-order chi connectivity index (χ1) is 7.56. The van der Waals surface area contributed by atoms with Crippen LogP contribution in [0.4, 0.5) is 5.82 Å². The molecule has 1 aromatic rings. The summed E-state index contributed by atoms with van der Waals surface area (Å²) < 4.78 is 7.32. The standard InChI is InChI=1S/C10H15N3O3/c1-7(2)5-8-3-4-12-6-9(13(14)15)11-10(12)16-8/h6-8H,3-5H2,1-2H3. The van der Waals surface area contributed by atoms with Crippen LogP contribution < -0.4 is 4.74 Å². The first-order valence-electron chi connectivity index (χ1n) is 5.44. The van der Waals surface area contributed by atoms with Crippen LogP contribution in [0.2, 0.25) is 0 Å². The summed E-state index contributed by atoms with van der Waals surface area (Å²) in [5.74, 6) is 0.418. The van der Waals surface area contributed by atoms with Crippen LogP contribution in [0.1, 0.15) is 26.7 Å². The second-order valence-corrected chi connectivity index (χ2v) is 4.49. The molecule has 0 saturated heterocycles. The van der Waals surface area contributed by atoms with Crippen molar-refractivity contribution in [3.8, 4) is 6.01 Å². The van der Waals surface area contributed by atoms with Crippen LogP contribution in [-0.4, -0.2) is 20.6 Å². The van der Waals surface area contributed by atoms with Crippen molar-refractivity contribution in [1.82, 2.24) is 9.55 Å². The minimum atomic E-state index is -0.494. The van der Waals surface area contributed by atoms with Gasteiger partial charge in [-0.05, 0) is 17.3 Å². The molecule has 0 amide bonds. The third-order valence-electron chi connectivity index (χ3n) is 2.61. The molecule has 1 unspecified atom stereocenters. The van der Waals surface area contributed by atoms with Gasteiger partial charge < -0.3 is 14.9 Å². The SMILES string of the molecule is CC(C)CC1CCn2cc([N+](=O)[O-])nc2O1. The van der Waals surface area contributed by atoms with Gasteiger partial charge in [-0.15, -0.1) is 0 Å². The fourth-order valence-corrected chi connectivity index (χ4v) is 1.91. The highest BCUT2D eigenvalue weighted by Crippen LogP contribution is 2.26. The topological polar surface area (TPSA) is 70.2 Å². The number of ether oxygens (including phenoxy) is 1. The van der Waals surface area contributed by atoms with E-state index in [4.69, 9.17) is 4.74 Å². The van der Waals surface area contributed by atoms with Crippen molar-refractivity contribution in [3.05, 3.63) is 16.3 Å². The number of rotatable bonds is 3. The molecule has 1 aromatic heterocycles. The predicted octanol–water partition coefficient (Wildman–Crippen LogP) is 1.99. The fourth-order valence-electron chi connectivity index (χ4n) is 1.91. The van der Waals surface area contributed by atoms with Crippen molar-refractivity contribution in [2.75, 3.05) is 0 Å². The number of nitrogens with zero attached hydrogens (tertiary/aromatic N) is 3. The lowest BCUT2D eigenvalue weighted by Gasteiger charge is -2.23. The number of imidazole rings is 1. The van der Waals surface area contributed by atoms with E-state index in [1.54, 1.807) is 4.57 Å². The lowest BCUT2D eigenvalue weighted by atomic mass is 10.0. The van der Waals surface area contributed by atoms with Gasteiger partial charge in [0.25, 0.3) is 0 Å². The summed E-state index contributed by atoms with van der Waals surface area (Å²) in [6, 6.07) is 0.378. The first-order valence-corrected chi connectivity index (χ1v) is 5.44. The molecule has 1 aliphatic rings. The Hall–Kier alpha value is -1.59. The highest BCUT2D eigenvalue weighted by Gasteiger charge is 2.28. The summed E-state index contributed by atoms with van der Waals surface area (Å²) in [5.41, 5.74) is 0. The Kier molecular flexibility index (Phi) is 2.80. The number of aryl methyl sites for hydroxylation is 1. The molecule has 0 fully saturated rings. The van der Waals surface area contributed by atoms with Crippen LogP contribution in [0.15, 0.2) is 6.20 Å². The van der Waals surface area contributed by atoms with Crippen LogP contribution >= 0.6 is 0 Å². The number of nitro groups is 1. The maximum atomic E-state index is 10.6. The quantitative estimate of drug-likeness (QED) is 0.582. The molecule has 88 valence electrons. The largest absolute Gasteiger partial charge is 0.442 e. The summed E-state index contributed by atoms with van der Waals surface area (Å²) in [6.07, 6.45) is 3.41. The van der Waals surface area contributed by atoms with Crippen molar-refractivity contribution < 1.29 is 9.66 Å². The lowest BCUT2D eigenvalue weighted by Crippen LogP contribution is -2.27. The highest BCUT2D eigenvalue weighted by atomic mass is 16.6. The van der Waals surface area contributed by atoms with E-state index < -0.39 is 4.92 Å². The molecule has 0 N–H and O–H groups in total. The molecule has 6 nitrogen and oxygen atoms in total. The Morgan fingerprint density at radius 2 is 2.50 bits per heavy atom. The van der Waals surface area contributed by atoms with Crippen LogP contribution in [-0.2, 0) is 6.54 Å². The van der Waals surface area contributed by atoms with Gasteiger partial charge in [0.1, 0.15) is 12.3 Å². The van der Waals surface area contributed by atoms with Gasteiger partial charge in [-0.1, -0.05) is 13.8 Å². The summed E-state index contributed by atoms with van der Waals surface area (Å²) >= 11 is 0. The highest BCUT2D eigenvalue weighted by molar-refractivity contribution is 5.21. The Morgan fingerprint density at radius 1 is 1.75 bits per heavy atom. The fraction of sp³-hybridized carbons (Fsp3) is 0.700. The molecular weight excluding hydrogens is 210 g/mol. The molecule has 0 aliphatic carbocycles. The molecule has 2 heterocycles. The molecular formula is C10H15N3O3. The summed E-state index contributed by atoms with van der Waals surface area (Å²) in [7, 11) is 0. The Bertz CT molecular complexity index is 400. The number of fused-ring (bicyclic) bond motifs is 1. The second-order valence-electron chi connectivity index (χ2n) is 4.49. The molecule has 0 aromatic carbocycles. The normalized spacial score (nSPS) is 19.3. The van der Waals surface area contributed by atoms with E-state index >= 15 is 0 Å². The van der Waals surface area contributed by atoms with Crippen molar-refractivity contribution in [2.24, 2.45) is 5.92 Å². The van der Waals surface area contributed by atoms with Gasteiger partial charge >= 0.3 is 11.8 Å². The van der Waals surface area contributed by atoms with Crippen LogP contribution in [0.5, 0.6) is 6.01 Å². The van der Waals surface area contributed by atoms with Crippen molar-refractivity contribution >= 4 is 5.82 Å². The Labute approximate surface area is 93.4 Å². The van der Waals surface area contributed by atoms with Gasteiger partial charge in [0.05, 0.1) is 0 Å². The van der Waals surface area contributed by atoms with Crippen LogP contribution in [0, 0.1) is 16.0 Å². The van der Waals surface area contributed by atoms with E-state index in [1.807, 2.05) is 0 Å². The second kappa shape index (κ2) is 4.11. The third kappa shape index (κ3) is 2.15. The van der Waals surface area contributed by atoms with E-state index in [0.717, 1.165) is 19.4 Å². The van der Waals surface area contributed by atoms with E-state index in [-0.39, 0.29) is 11.9 Å². The minimum Gasteiger partial charge on any atom is -0.442 e. The third-order valence-corrected chi connectivity index (χ3v) is 2.61. The molecule has 1 atom stereocenters. The number of hydrogen-bond donors (Lipinski definition) is 0. The Morgan fingerprint density at radius 3 is 3.12 bits per heavy atom. The summed E-state index contributed by atoms with van der Waals surface area (Å²) in [5, 5.41) is 10.6.